The number of benzene rings is 2. The van der Waals surface area contributed by atoms with Gasteiger partial charge in [-0.05, 0) is 30.2 Å². The summed E-state index contributed by atoms with van der Waals surface area (Å²) < 4.78 is 16.1. The molecular weight excluding hydrogens is 320 g/mol. The van der Waals surface area contributed by atoms with Crippen molar-refractivity contribution < 1.29 is 19.0 Å². The van der Waals surface area contributed by atoms with Crippen LogP contribution in [0, 0.1) is 0 Å². The van der Waals surface area contributed by atoms with Gasteiger partial charge >= 0.3 is 0 Å². The highest BCUT2D eigenvalue weighted by Gasteiger charge is 2.17. The summed E-state index contributed by atoms with van der Waals surface area (Å²) in [5.41, 5.74) is 1.49. The van der Waals surface area contributed by atoms with E-state index in [0.717, 1.165) is 12.0 Å². The zero-order chi connectivity index (χ0) is 17.5. The van der Waals surface area contributed by atoms with E-state index < -0.39 is 0 Å². The van der Waals surface area contributed by atoms with E-state index in [0.29, 0.717) is 30.2 Å². The van der Waals surface area contributed by atoms with Crippen LogP contribution >= 0.6 is 0 Å². The zero-order valence-electron chi connectivity index (χ0n) is 14.0. The van der Waals surface area contributed by atoms with E-state index in [1.165, 1.54) is 0 Å². The van der Waals surface area contributed by atoms with Gasteiger partial charge in [0.2, 0.25) is 6.79 Å². The zero-order valence-corrected chi connectivity index (χ0v) is 14.0. The van der Waals surface area contributed by atoms with Gasteiger partial charge in [0.15, 0.2) is 11.5 Å². The Kier molecular flexibility index (Phi) is 5.51. The van der Waals surface area contributed by atoms with Crippen LogP contribution in [0.3, 0.4) is 0 Å². The first-order valence-corrected chi connectivity index (χ1v) is 8.18. The molecule has 0 radical (unpaired) electrons. The molecule has 25 heavy (non-hydrogen) atoms. The van der Waals surface area contributed by atoms with E-state index in [2.05, 4.69) is 10.3 Å². The fraction of sp³-hybridized carbons (Fsp3) is 0.263. The normalized spacial score (nSPS) is 12.8. The highest BCUT2D eigenvalue weighted by atomic mass is 16.7. The van der Waals surface area contributed by atoms with Crippen LogP contribution in [0.25, 0.3) is 0 Å². The minimum Gasteiger partial charge on any atom is -0.465 e. The third kappa shape index (κ3) is 4.50. The second-order valence-electron chi connectivity index (χ2n) is 5.48. The predicted molar refractivity (Wildman–Crippen MR) is 93.9 cm³/mol. The second kappa shape index (κ2) is 8.19. The largest absolute Gasteiger partial charge is 0.465 e. The lowest BCUT2D eigenvalue weighted by Crippen LogP contribution is -2.33. The summed E-state index contributed by atoms with van der Waals surface area (Å²) in [6.07, 6.45) is 0.824. The standard InChI is InChI=1S/C19H20N2O4/c1-2-10-23-19(20-12-14-6-4-3-5-7-14)21-18(22)15-8-9-16-17(11-15)25-13-24-16/h3-9,11H,2,10,12-13H2,1H3,(H,20,21,22). The van der Waals surface area contributed by atoms with Crippen LogP contribution in [0.4, 0.5) is 0 Å². The quantitative estimate of drug-likeness (QED) is 0.671. The molecule has 0 saturated carbocycles. The Morgan fingerprint density at radius 2 is 1.96 bits per heavy atom. The summed E-state index contributed by atoms with van der Waals surface area (Å²) in [4.78, 5) is 16.8. The summed E-state index contributed by atoms with van der Waals surface area (Å²) in [6.45, 7) is 3.08. The molecule has 1 N–H and O–H groups in total. The van der Waals surface area contributed by atoms with Crippen LogP contribution in [0.15, 0.2) is 53.5 Å². The number of carbonyl (C=O) groups is 1. The number of amidine groups is 1. The lowest BCUT2D eigenvalue weighted by Gasteiger charge is -2.10. The van der Waals surface area contributed by atoms with Crippen molar-refractivity contribution in [2.75, 3.05) is 13.4 Å². The molecule has 6 nitrogen and oxygen atoms in total. The monoisotopic (exact) mass is 340 g/mol. The van der Waals surface area contributed by atoms with E-state index in [1.54, 1.807) is 18.2 Å². The second-order valence-corrected chi connectivity index (χ2v) is 5.48. The predicted octanol–water partition coefficient (Wildman–Crippen LogP) is 3.13. The van der Waals surface area contributed by atoms with E-state index in [1.807, 2.05) is 37.3 Å². The van der Waals surface area contributed by atoms with E-state index in [4.69, 9.17) is 14.2 Å². The summed E-state index contributed by atoms with van der Waals surface area (Å²) in [5, 5.41) is 2.72. The average molecular weight is 340 g/mol. The van der Waals surface area contributed by atoms with Gasteiger partial charge in [-0.1, -0.05) is 37.3 Å². The number of rotatable bonds is 5. The Hall–Kier alpha value is -3.02. The molecule has 0 spiro atoms. The van der Waals surface area contributed by atoms with Crippen LogP contribution < -0.4 is 14.8 Å². The molecule has 0 fully saturated rings. The van der Waals surface area contributed by atoms with Crippen molar-refractivity contribution in [1.29, 1.82) is 0 Å². The van der Waals surface area contributed by atoms with Crippen molar-refractivity contribution in [2.24, 2.45) is 4.99 Å². The number of carbonyl (C=O) groups excluding carboxylic acids is 1. The molecule has 0 aromatic heterocycles. The van der Waals surface area contributed by atoms with Crippen LogP contribution in [0.1, 0.15) is 29.3 Å². The number of hydrogen-bond donors (Lipinski definition) is 1. The van der Waals surface area contributed by atoms with Crippen molar-refractivity contribution in [2.45, 2.75) is 19.9 Å². The Morgan fingerprint density at radius 3 is 2.76 bits per heavy atom. The Morgan fingerprint density at radius 1 is 1.16 bits per heavy atom. The number of amides is 1. The fourth-order valence-electron chi connectivity index (χ4n) is 2.27. The first-order valence-electron chi connectivity index (χ1n) is 8.18. The number of ether oxygens (including phenoxy) is 3. The highest BCUT2D eigenvalue weighted by molar-refractivity contribution is 6.04. The average Bonchev–Trinajstić information content (AvgIpc) is 3.12. The molecule has 1 heterocycles. The molecule has 0 saturated heterocycles. The first-order chi connectivity index (χ1) is 12.3. The molecule has 1 aliphatic heterocycles. The molecule has 0 aliphatic carbocycles. The number of nitrogens with one attached hydrogen (secondary N) is 1. The third-order valence-corrected chi connectivity index (χ3v) is 3.55. The van der Waals surface area contributed by atoms with Crippen LogP contribution in [0.5, 0.6) is 11.5 Å². The molecule has 1 amide bonds. The van der Waals surface area contributed by atoms with Crippen molar-refractivity contribution in [1.82, 2.24) is 5.32 Å². The molecule has 130 valence electrons. The van der Waals surface area contributed by atoms with Gasteiger partial charge in [0.05, 0.1) is 13.2 Å². The summed E-state index contributed by atoms with van der Waals surface area (Å²) in [6, 6.07) is 15.0. The maximum Gasteiger partial charge on any atom is 0.292 e. The number of fused-ring (bicyclic) bond motifs is 1. The molecule has 2 aromatic carbocycles. The van der Waals surface area contributed by atoms with Crippen molar-refractivity contribution in [3.05, 3.63) is 59.7 Å². The molecule has 1 aliphatic rings. The Bertz CT molecular complexity index is 759. The SMILES string of the molecule is CCCOC(=NCc1ccccc1)NC(=O)c1ccc2c(c1)OCO2. The molecule has 0 bridgehead atoms. The molecule has 3 rings (SSSR count). The van der Waals surface area contributed by atoms with E-state index in [9.17, 15) is 4.79 Å². The Labute approximate surface area is 146 Å². The van der Waals surface area contributed by atoms with E-state index >= 15 is 0 Å². The lowest BCUT2D eigenvalue weighted by molar-refractivity contribution is 0.0965. The molecule has 6 heteroatoms. The van der Waals surface area contributed by atoms with E-state index in [-0.39, 0.29) is 18.7 Å². The molecule has 0 unspecified atom stereocenters. The van der Waals surface area contributed by atoms with Gasteiger partial charge in [0.25, 0.3) is 11.9 Å². The number of aliphatic imine (C=N–C) groups is 1. The number of hydrogen-bond acceptors (Lipinski definition) is 5. The maximum absolute atomic E-state index is 12.5. The maximum atomic E-state index is 12.5. The minimum atomic E-state index is -0.304. The summed E-state index contributed by atoms with van der Waals surface area (Å²) in [5.74, 6) is 0.892. The topological polar surface area (TPSA) is 69.2 Å². The highest BCUT2D eigenvalue weighted by Crippen LogP contribution is 2.32. The fourth-order valence-corrected chi connectivity index (χ4v) is 2.27. The van der Waals surface area contributed by atoms with Gasteiger partial charge in [0, 0.05) is 5.56 Å². The number of nitrogens with zero attached hydrogens (tertiary/aromatic N) is 1. The van der Waals surface area contributed by atoms with Crippen molar-refractivity contribution in [3.8, 4) is 11.5 Å². The van der Waals surface area contributed by atoms with Crippen LogP contribution in [0.2, 0.25) is 0 Å². The minimum absolute atomic E-state index is 0.170. The molecule has 2 aromatic rings. The summed E-state index contributed by atoms with van der Waals surface area (Å²) in [7, 11) is 0. The van der Waals surface area contributed by atoms with Crippen LogP contribution in [-0.2, 0) is 11.3 Å². The first kappa shape index (κ1) is 16.8. The lowest BCUT2D eigenvalue weighted by atomic mass is 10.2. The molecule has 0 atom stereocenters. The van der Waals surface area contributed by atoms with Gasteiger partial charge in [-0.15, -0.1) is 0 Å². The van der Waals surface area contributed by atoms with Gasteiger partial charge < -0.3 is 14.2 Å². The third-order valence-electron chi connectivity index (χ3n) is 3.55. The van der Waals surface area contributed by atoms with Gasteiger partial charge in [0.1, 0.15) is 0 Å². The smallest absolute Gasteiger partial charge is 0.292 e. The van der Waals surface area contributed by atoms with Gasteiger partial charge in [-0.3, -0.25) is 10.1 Å². The van der Waals surface area contributed by atoms with Crippen LogP contribution in [-0.4, -0.2) is 25.3 Å². The van der Waals surface area contributed by atoms with Gasteiger partial charge in [-0.25, -0.2) is 4.99 Å². The molecular formula is C19H20N2O4. The summed E-state index contributed by atoms with van der Waals surface area (Å²) >= 11 is 0. The van der Waals surface area contributed by atoms with Crippen molar-refractivity contribution in [3.63, 3.8) is 0 Å². The van der Waals surface area contributed by atoms with Gasteiger partial charge in [-0.2, -0.15) is 0 Å². The van der Waals surface area contributed by atoms with Crippen molar-refractivity contribution >= 4 is 11.9 Å². The Balaban J connectivity index is 1.69.